The van der Waals surface area contributed by atoms with Crippen LogP contribution in [0.5, 0.6) is 0 Å². The highest BCUT2D eigenvalue weighted by atomic mass is 32.2. The maximum Gasteiger partial charge on any atom is 0.150 e. The first-order valence-corrected chi connectivity index (χ1v) is 5.94. The molecule has 1 aliphatic heterocycles. The molecule has 0 amide bonds. The molecule has 1 heterocycles. The quantitative estimate of drug-likeness (QED) is 0.592. The van der Waals surface area contributed by atoms with Gasteiger partial charge >= 0.3 is 0 Å². The van der Waals surface area contributed by atoms with Crippen LogP contribution in [-0.4, -0.2) is 33.0 Å². The number of nitrogens with one attached hydrogen (secondary N) is 1. The summed E-state index contributed by atoms with van der Waals surface area (Å²) < 4.78 is 22.3. The number of hydrogen-bond donors (Lipinski definition) is 1. The van der Waals surface area contributed by atoms with E-state index in [1.807, 2.05) is 0 Å². The average Bonchev–Trinajstić information content (AvgIpc) is 2.08. The van der Waals surface area contributed by atoms with Crippen LogP contribution in [0.25, 0.3) is 0 Å². The van der Waals surface area contributed by atoms with Gasteiger partial charge in [0.2, 0.25) is 0 Å². The van der Waals surface area contributed by atoms with Gasteiger partial charge in [0.05, 0.1) is 5.25 Å². The van der Waals surface area contributed by atoms with Crippen LogP contribution in [0.2, 0.25) is 0 Å². The number of hydrogen-bond acceptors (Lipinski definition) is 3. The van der Waals surface area contributed by atoms with Crippen molar-refractivity contribution in [3.8, 4) is 0 Å². The van der Waals surface area contributed by atoms with Crippen LogP contribution in [-0.2, 0) is 9.84 Å². The van der Waals surface area contributed by atoms with Crippen molar-refractivity contribution in [2.75, 3.05) is 19.3 Å². The fraction of sp³-hybridized carbons (Fsp3) is 1.00. The van der Waals surface area contributed by atoms with Crippen molar-refractivity contribution in [2.45, 2.75) is 11.7 Å². The molecular weight excluding hydrogens is 162 g/mol. The first-order chi connectivity index (χ1) is 5.09. The van der Waals surface area contributed by atoms with Gasteiger partial charge in [-0.25, -0.2) is 8.42 Å². The largest absolute Gasteiger partial charge is 0.316 e. The molecule has 11 heavy (non-hydrogen) atoms. The first-order valence-electron chi connectivity index (χ1n) is 3.98. The van der Waals surface area contributed by atoms with E-state index in [9.17, 15) is 8.42 Å². The molecule has 1 saturated heterocycles. The molecule has 1 N–H and O–H groups in total. The summed E-state index contributed by atoms with van der Waals surface area (Å²) in [5, 5.41) is 3.18. The van der Waals surface area contributed by atoms with Crippen molar-refractivity contribution in [2.24, 2.45) is 11.8 Å². The van der Waals surface area contributed by atoms with Gasteiger partial charge in [-0.1, -0.05) is 0 Å². The molecule has 0 aromatic heterocycles. The molecule has 0 aromatic carbocycles. The maximum absolute atomic E-state index is 11.1. The van der Waals surface area contributed by atoms with Crippen LogP contribution in [0, 0.1) is 11.8 Å². The van der Waals surface area contributed by atoms with E-state index in [2.05, 4.69) is 5.32 Å². The predicted molar refractivity (Wildman–Crippen MR) is 43.1 cm³/mol. The second-order valence-corrected chi connectivity index (χ2v) is 5.95. The van der Waals surface area contributed by atoms with Crippen molar-refractivity contribution < 1.29 is 8.42 Å². The summed E-state index contributed by atoms with van der Waals surface area (Å²) in [6, 6.07) is 0. The normalized spacial score (nSPS) is 43.2. The van der Waals surface area contributed by atoms with Crippen LogP contribution < -0.4 is 5.32 Å². The Balaban J connectivity index is 2.12. The van der Waals surface area contributed by atoms with Crippen LogP contribution >= 0.6 is 0 Å². The van der Waals surface area contributed by atoms with Gasteiger partial charge in [-0.15, -0.1) is 0 Å². The average molecular weight is 175 g/mol. The zero-order valence-corrected chi connectivity index (χ0v) is 7.39. The number of rotatable bonds is 1. The molecule has 0 aromatic rings. The lowest BCUT2D eigenvalue weighted by molar-refractivity contribution is 0.247. The minimum Gasteiger partial charge on any atom is -0.316 e. The van der Waals surface area contributed by atoms with Gasteiger partial charge in [-0.05, 0) is 31.3 Å². The van der Waals surface area contributed by atoms with Crippen LogP contribution in [0.1, 0.15) is 6.42 Å². The molecule has 2 fully saturated rings. The van der Waals surface area contributed by atoms with E-state index >= 15 is 0 Å². The third kappa shape index (κ3) is 1.08. The molecule has 4 heteroatoms. The monoisotopic (exact) mass is 175 g/mol. The molecule has 64 valence electrons. The van der Waals surface area contributed by atoms with Crippen molar-refractivity contribution in [1.82, 2.24) is 5.32 Å². The highest BCUT2D eigenvalue weighted by Gasteiger charge is 2.48. The van der Waals surface area contributed by atoms with Crippen LogP contribution in [0.3, 0.4) is 0 Å². The Morgan fingerprint density at radius 3 is 2.64 bits per heavy atom. The maximum atomic E-state index is 11.1. The van der Waals surface area contributed by atoms with Gasteiger partial charge in [0.15, 0.2) is 9.84 Å². The van der Waals surface area contributed by atoms with Gasteiger partial charge in [0.25, 0.3) is 0 Å². The summed E-state index contributed by atoms with van der Waals surface area (Å²) >= 11 is 0. The zero-order chi connectivity index (χ0) is 8.06. The zero-order valence-electron chi connectivity index (χ0n) is 6.58. The van der Waals surface area contributed by atoms with E-state index < -0.39 is 9.84 Å². The van der Waals surface area contributed by atoms with Gasteiger partial charge in [-0.3, -0.25) is 0 Å². The highest BCUT2D eigenvalue weighted by Crippen LogP contribution is 2.41. The smallest absolute Gasteiger partial charge is 0.150 e. The highest BCUT2D eigenvalue weighted by molar-refractivity contribution is 7.91. The molecule has 2 rings (SSSR count). The standard InChI is InChI=1S/C7H13NO2S/c1-11(9,10)7-2-5-3-8-4-6(5)7/h5-8H,2-4H2,1H3. The molecule has 3 atom stereocenters. The van der Waals surface area contributed by atoms with Crippen LogP contribution in [0.15, 0.2) is 0 Å². The van der Waals surface area contributed by atoms with Crippen molar-refractivity contribution in [1.29, 1.82) is 0 Å². The Hall–Kier alpha value is -0.0900. The lowest BCUT2D eigenvalue weighted by Gasteiger charge is -2.37. The van der Waals surface area contributed by atoms with E-state index in [4.69, 9.17) is 0 Å². The Bertz CT molecular complexity index is 260. The minimum absolute atomic E-state index is 0.0394. The summed E-state index contributed by atoms with van der Waals surface area (Å²) in [5.74, 6) is 1.07. The lowest BCUT2D eigenvalue weighted by Crippen LogP contribution is -2.45. The third-order valence-electron chi connectivity index (χ3n) is 2.95. The third-order valence-corrected chi connectivity index (χ3v) is 4.60. The van der Waals surface area contributed by atoms with E-state index in [0.717, 1.165) is 19.5 Å². The van der Waals surface area contributed by atoms with Crippen molar-refractivity contribution in [3.63, 3.8) is 0 Å². The summed E-state index contributed by atoms with van der Waals surface area (Å²) in [5.41, 5.74) is 0. The second kappa shape index (κ2) is 2.20. The SMILES string of the molecule is CS(=O)(=O)C1CC2CNCC21. The predicted octanol–water partition coefficient (Wildman–Crippen LogP) is -0.361. The van der Waals surface area contributed by atoms with Gasteiger partial charge in [0.1, 0.15) is 0 Å². The Morgan fingerprint density at radius 1 is 1.36 bits per heavy atom. The Labute approximate surface area is 67.1 Å². The van der Waals surface area contributed by atoms with Gasteiger partial charge in [0, 0.05) is 6.26 Å². The fourth-order valence-corrected chi connectivity index (χ4v) is 3.77. The lowest BCUT2D eigenvalue weighted by atomic mass is 9.76. The number of fused-ring (bicyclic) bond motifs is 1. The van der Waals surface area contributed by atoms with Gasteiger partial charge < -0.3 is 5.32 Å². The molecule has 0 radical (unpaired) electrons. The second-order valence-electron chi connectivity index (χ2n) is 3.69. The molecule has 2 aliphatic rings. The summed E-state index contributed by atoms with van der Waals surface area (Å²) in [4.78, 5) is 0. The fourth-order valence-electron chi connectivity index (χ4n) is 2.22. The Kier molecular flexibility index (Phi) is 1.51. The molecule has 0 spiro atoms. The minimum atomic E-state index is -2.76. The molecule has 3 nitrogen and oxygen atoms in total. The van der Waals surface area contributed by atoms with Crippen molar-refractivity contribution >= 4 is 9.84 Å². The van der Waals surface area contributed by atoms with Gasteiger partial charge in [-0.2, -0.15) is 0 Å². The van der Waals surface area contributed by atoms with Crippen molar-refractivity contribution in [3.05, 3.63) is 0 Å². The van der Waals surface area contributed by atoms with E-state index in [1.54, 1.807) is 0 Å². The first kappa shape index (κ1) is 7.55. The number of sulfone groups is 1. The molecule has 0 bridgehead atoms. The van der Waals surface area contributed by atoms with E-state index in [-0.39, 0.29) is 5.25 Å². The van der Waals surface area contributed by atoms with E-state index in [1.165, 1.54) is 6.26 Å². The topological polar surface area (TPSA) is 46.2 Å². The Morgan fingerprint density at radius 2 is 2.09 bits per heavy atom. The summed E-state index contributed by atoms with van der Waals surface area (Å²) in [7, 11) is -2.76. The van der Waals surface area contributed by atoms with E-state index in [0.29, 0.717) is 11.8 Å². The summed E-state index contributed by atoms with van der Waals surface area (Å²) in [6.45, 7) is 1.93. The molecule has 1 saturated carbocycles. The van der Waals surface area contributed by atoms with Crippen LogP contribution in [0.4, 0.5) is 0 Å². The molecule has 1 aliphatic carbocycles. The molecular formula is C7H13NO2S. The summed E-state index contributed by atoms with van der Waals surface area (Å²) in [6.07, 6.45) is 2.24. The molecule has 3 unspecified atom stereocenters.